The van der Waals surface area contributed by atoms with Gasteiger partial charge in [0.25, 0.3) is 5.91 Å². The Hall–Kier alpha value is -0.650. The zero-order valence-corrected chi connectivity index (χ0v) is 13.6. The lowest BCUT2D eigenvalue weighted by atomic mass is 10.0. The van der Waals surface area contributed by atoms with Crippen LogP contribution in [0.15, 0.2) is 24.3 Å². The van der Waals surface area contributed by atoms with Gasteiger partial charge in [-0.2, -0.15) is 0 Å². The molecule has 3 nitrogen and oxygen atoms in total. The lowest BCUT2D eigenvalue weighted by Crippen LogP contribution is -2.31. The summed E-state index contributed by atoms with van der Waals surface area (Å²) < 4.78 is 0.561. The van der Waals surface area contributed by atoms with Gasteiger partial charge in [0.15, 0.2) is 0 Å². The molecule has 0 spiro atoms. The Kier molecular flexibility index (Phi) is 3.90. The van der Waals surface area contributed by atoms with Crippen molar-refractivity contribution in [2.45, 2.75) is 4.58 Å². The average molecular weight is 320 g/mol. The molecular weight excluding hydrogens is 300 g/mol. The number of rotatable bonds is 2. The number of amides is 1. The number of nitrogens with one attached hydrogen (secondary N) is 1. The Bertz CT molecular complexity index is 516. The summed E-state index contributed by atoms with van der Waals surface area (Å²) >= 11 is 4.01. The van der Waals surface area contributed by atoms with Gasteiger partial charge in [-0.25, -0.2) is 0 Å². The normalized spacial score (nSPS) is 29.0. The van der Waals surface area contributed by atoms with E-state index in [1.54, 1.807) is 0 Å². The van der Waals surface area contributed by atoms with Gasteiger partial charge in [0, 0.05) is 43.2 Å². The van der Waals surface area contributed by atoms with Crippen LogP contribution in [0.25, 0.3) is 0 Å². The monoisotopic (exact) mass is 320 g/mol. The van der Waals surface area contributed by atoms with Crippen LogP contribution in [0.1, 0.15) is 20.5 Å². The van der Waals surface area contributed by atoms with Crippen LogP contribution in [0, 0.1) is 11.8 Å². The second kappa shape index (κ2) is 5.86. The molecule has 112 valence electrons. The highest BCUT2D eigenvalue weighted by molar-refractivity contribution is 8.19. The number of fused-ring (bicyclic) bond motifs is 1. The van der Waals surface area contributed by atoms with E-state index >= 15 is 0 Å². The molecule has 0 aromatic heterocycles. The molecule has 21 heavy (non-hydrogen) atoms. The van der Waals surface area contributed by atoms with Crippen molar-refractivity contribution in [3.8, 4) is 0 Å². The first-order chi connectivity index (χ1) is 10.3. The summed E-state index contributed by atoms with van der Waals surface area (Å²) in [5, 5.41) is 3.42. The van der Waals surface area contributed by atoms with Crippen molar-refractivity contribution in [2.24, 2.45) is 11.8 Å². The average Bonchev–Trinajstić information content (AvgIpc) is 3.23. The van der Waals surface area contributed by atoms with E-state index in [0.717, 1.165) is 31.7 Å². The fraction of sp³-hybridized carbons (Fsp3) is 0.562. The van der Waals surface area contributed by atoms with Crippen molar-refractivity contribution in [1.29, 1.82) is 0 Å². The fourth-order valence-electron chi connectivity index (χ4n) is 3.54. The molecule has 0 bridgehead atoms. The first-order valence-electron chi connectivity index (χ1n) is 7.64. The van der Waals surface area contributed by atoms with Crippen LogP contribution >= 0.6 is 23.5 Å². The van der Waals surface area contributed by atoms with E-state index in [-0.39, 0.29) is 5.91 Å². The van der Waals surface area contributed by atoms with Gasteiger partial charge in [-0.1, -0.05) is 12.1 Å². The summed E-state index contributed by atoms with van der Waals surface area (Å²) in [5.74, 6) is 4.02. The molecule has 5 heteroatoms. The molecule has 3 heterocycles. The van der Waals surface area contributed by atoms with Crippen molar-refractivity contribution in [3.63, 3.8) is 0 Å². The van der Waals surface area contributed by atoms with Gasteiger partial charge in [-0.15, -0.1) is 23.5 Å². The number of hydrogen-bond acceptors (Lipinski definition) is 4. The first-order valence-corrected chi connectivity index (χ1v) is 9.74. The number of carbonyl (C=O) groups is 1. The number of thioether (sulfide) groups is 2. The van der Waals surface area contributed by atoms with E-state index in [2.05, 4.69) is 17.4 Å². The predicted molar refractivity (Wildman–Crippen MR) is 89.9 cm³/mol. The fourth-order valence-corrected chi connectivity index (χ4v) is 6.40. The van der Waals surface area contributed by atoms with E-state index in [1.807, 2.05) is 40.6 Å². The van der Waals surface area contributed by atoms with Gasteiger partial charge >= 0.3 is 0 Å². The Morgan fingerprint density at radius 1 is 1.05 bits per heavy atom. The SMILES string of the molecule is O=C(c1ccc(C2SCCS2)cc1)N1C[C@H]2CNC[C@H]2C1. The zero-order valence-electron chi connectivity index (χ0n) is 12.0. The maximum atomic E-state index is 12.6. The van der Waals surface area contributed by atoms with Gasteiger partial charge in [0.1, 0.15) is 0 Å². The molecule has 4 rings (SSSR count). The van der Waals surface area contributed by atoms with Crippen LogP contribution in [-0.2, 0) is 0 Å². The van der Waals surface area contributed by atoms with Crippen LogP contribution in [0.5, 0.6) is 0 Å². The van der Waals surface area contributed by atoms with E-state index < -0.39 is 0 Å². The lowest BCUT2D eigenvalue weighted by molar-refractivity contribution is 0.0781. The van der Waals surface area contributed by atoms with E-state index in [0.29, 0.717) is 16.4 Å². The van der Waals surface area contributed by atoms with Gasteiger partial charge in [-0.05, 0) is 29.5 Å². The summed E-state index contributed by atoms with van der Waals surface area (Å²) in [4.78, 5) is 14.7. The highest BCUT2D eigenvalue weighted by atomic mass is 32.2. The Balaban J connectivity index is 1.45. The molecule has 3 aliphatic heterocycles. The number of carbonyl (C=O) groups excluding carboxylic acids is 1. The van der Waals surface area contributed by atoms with Crippen molar-refractivity contribution in [1.82, 2.24) is 10.2 Å². The van der Waals surface area contributed by atoms with Gasteiger partial charge in [-0.3, -0.25) is 4.79 Å². The molecule has 3 aliphatic rings. The number of likely N-dealkylation sites (tertiary alicyclic amines) is 1. The molecule has 3 saturated heterocycles. The maximum absolute atomic E-state index is 12.6. The number of hydrogen-bond donors (Lipinski definition) is 1. The van der Waals surface area contributed by atoms with Crippen molar-refractivity contribution in [3.05, 3.63) is 35.4 Å². The summed E-state index contributed by atoms with van der Waals surface area (Å²) in [5.41, 5.74) is 2.20. The quantitative estimate of drug-likeness (QED) is 0.907. The minimum absolute atomic E-state index is 0.211. The van der Waals surface area contributed by atoms with E-state index in [4.69, 9.17) is 0 Å². The molecule has 0 unspecified atom stereocenters. The molecule has 1 N–H and O–H groups in total. The second-order valence-electron chi connectivity index (χ2n) is 6.08. The van der Waals surface area contributed by atoms with Crippen LogP contribution in [0.2, 0.25) is 0 Å². The molecule has 1 aromatic rings. The third-order valence-corrected chi connectivity index (χ3v) is 7.83. The lowest BCUT2D eigenvalue weighted by Gasteiger charge is -2.18. The van der Waals surface area contributed by atoms with Gasteiger partial charge in [0.2, 0.25) is 0 Å². The molecule has 0 radical (unpaired) electrons. The second-order valence-corrected chi connectivity index (χ2v) is 8.81. The zero-order chi connectivity index (χ0) is 14.2. The summed E-state index contributed by atoms with van der Waals surface area (Å²) in [6.45, 7) is 3.99. The molecule has 0 saturated carbocycles. The molecular formula is C16H20N2OS2. The van der Waals surface area contributed by atoms with Crippen molar-refractivity contribution < 1.29 is 4.79 Å². The van der Waals surface area contributed by atoms with Crippen LogP contribution < -0.4 is 5.32 Å². The smallest absolute Gasteiger partial charge is 0.253 e. The number of nitrogens with zero attached hydrogens (tertiary/aromatic N) is 1. The van der Waals surface area contributed by atoms with E-state index in [9.17, 15) is 4.79 Å². The summed E-state index contributed by atoms with van der Waals surface area (Å²) in [6.07, 6.45) is 0. The standard InChI is InChI=1S/C16H20N2OS2/c19-15(18-9-13-7-17-8-14(13)10-18)11-1-3-12(4-2-11)16-20-5-6-21-16/h1-4,13-14,16-17H,5-10H2/t13-,14+. The molecule has 3 fully saturated rings. The Morgan fingerprint density at radius 3 is 2.29 bits per heavy atom. The Morgan fingerprint density at radius 2 is 1.67 bits per heavy atom. The van der Waals surface area contributed by atoms with Gasteiger partial charge < -0.3 is 10.2 Å². The molecule has 2 atom stereocenters. The van der Waals surface area contributed by atoms with Crippen molar-refractivity contribution in [2.75, 3.05) is 37.7 Å². The highest BCUT2D eigenvalue weighted by Crippen LogP contribution is 2.45. The van der Waals surface area contributed by atoms with Gasteiger partial charge in [0.05, 0.1) is 4.58 Å². The highest BCUT2D eigenvalue weighted by Gasteiger charge is 2.38. The topological polar surface area (TPSA) is 32.3 Å². The summed E-state index contributed by atoms with van der Waals surface area (Å²) in [6, 6.07) is 8.32. The molecule has 1 amide bonds. The molecule has 1 aromatic carbocycles. The maximum Gasteiger partial charge on any atom is 0.253 e. The van der Waals surface area contributed by atoms with Crippen LogP contribution in [0.3, 0.4) is 0 Å². The van der Waals surface area contributed by atoms with Crippen LogP contribution in [-0.4, -0.2) is 48.5 Å². The molecule has 0 aliphatic carbocycles. The largest absolute Gasteiger partial charge is 0.338 e. The minimum Gasteiger partial charge on any atom is -0.338 e. The van der Waals surface area contributed by atoms with Crippen LogP contribution in [0.4, 0.5) is 0 Å². The van der Waals surface area contributed by atoms with E-state index in [1.165, 1.54) is 17.1 Å². The third-order valence-electron chi connectivity index (χ3n) is 4.73. The summed E-state index contributed by atoms with van der Waals surface area (Å²) in [7, 11) is 0. The first kappa shape index (κ1) is 14.0. The number of benzene rings is 1. The predicted octanol–water partition coefficient (Wildman–Crippen LogP) is 2.46. The Labute approximate surface area is 134 Å². The van der Waals surface area contributed by atoms with Crippen molar-refractivity contribution >= 4 is 29.4 Å². The third kappa shape index (κ3) is 2.71. The minimum atomic E-state index is 0.211.